The second-order valence-corrected chi connectivity index (χ2v) is 7.84. The molecule has 156 valence electrons. The Morgan fingerprint density at radius 2 is 1.72 bits per heavy atom. The summed E-state index contributed by atoms with van der Waals surface area (Å²) in [6, 6.07) is 12.4. The molecular weight excluding hydrogens is 390 g/mol. The summed E-state index contributed by atoms with van der Waals surface area (Å²) < 4.78 is 5.24. The smallest absolute Gasteiger partial charge is 0.282 e. The van der Waals surface area contributed by atoms with Gasteiger partial charge in [-0.2, -0.15) is 0 Å². The van der Waals surface area contributed by atoms with Crippen LogP contribution in [-0.4, -0.2) is 38.6 Å². The molecule has 0 heterocycles. The first-order valence-corrected chi connectivity index (χ1v) is 9.95. The zero-order valence-electron chi connectivity index (χ0n) is 17.5. The maximum absolute atomic E-state index is 12.6. The summed E-state index contributed by atoms with van der Waals surface area (Å²) in [6.07, 6.45) is 0. The first kappa shape index (κ1) is 22.7. The molecule has 2 aromatic carbocycles. The van der Waals surface area contributed by atoms with Gasteiger partial charge in [-0.25, -0.2) is 0 Å². The minimum Gasteiger partial charge on any atom is -0.495 e. The fraction of sp³-hybridized carbons (Fsp3) is 0.364. The standard InChI is InChI=1S/C22H28ClN3O3/c1-14(2)16-6-9-18(10-7-16)24-22(28)15(3)26(4)13-21(27)25-19-12-17(23)8-11-20(19)29-5/h6-12,14-15H,13H2,1-5H3,(H,24,28)(H,25,27)/p+1/t15-/m1/s1. The number of quaternary nitrogens is 1. The number of carbonyl (C=O) groups is 2. The van der Waals surface area contributed by atoms with Gasteiger partial charge in [0.25, 0.3) is 11.8 Å². The van der Waals surface area contributed by atoms with E-state index in [1.165, 1.54) is 12.7 Å². The van der Waals surface area contributed by atoms with E-state index >= 15 is 0 Å². The van der Waals surface area contributed by atoms with Crippen molar-refractivity contribution >= 4 is 34.8 Å². The number of hydrogen-bond acceptors (Lipinski definition) is 3. The number of anilines is 2. The van der Waals surface area contributed by atoms with Crippen molar-refractivity contribution in [2.75, 3.05) is 31.3 Å². The monoisotopic (exact) mass is 418 g/mol. The highest BCUT2D eigenvalue weighted by Crippen LogP contribution is 2.27. The van der Waals surface area contributed by atoms with Crippen molar-refractivity contribution in [1.29, 1.82) is 0 Å². The lowest BCUT2D eigenvalue weighted by atomic mass is 10.0. The molecule has 2 rings (SSSR count). The fourth-order valence-electron chi connectivity index (χ4n) is 2.80. The third kappa shape index (κ3) is 6.48. The Kier molecular flexibility index (Phi) is 8.05. The Bertz CT molecular complexity index is 853. The molecule has 0 radical (unpaired) electrons. The summed E-state index contributed by atoms with van der Waals surface area (Å²) >= 11 is 5.99. The Labute approximate surface area is 177 Å². The molecule has 0 spiro atoms. The maximum Gasteiger partial charge on any atom is 0.282 e. The minimum atomic E-state index is -0.410. The molecule has 0 aliphatic carbocycles. The number of halogens is 1. The van der Waals surface area contributed by atoms with Gasteiger partial charge < -0.3 is 20.3 Å². The minimum absolute atomic E-state index is 0.122. The molecule has 1 unspecified atom stereocenters. The van der Waals surface area contributed by atoms with Crippen LogP contribution in [0, 0.1) is 0 Å². The Hall–Kier alpha value is -2.57. The SMILES string of the molecule is COc1ccc(Cl)cc1NC(=O)C[NH+](C)[C@H](C)C(=O)Nc1ccc(C(C)C)cc1. The summed E-state index contributed by atoms with van der Waals surface area (Å²) in [4.78, 5) is 25.7. The largest absolute Gasteiger partial charge is 0.495 e. The van der Waals surface area contributed by atoms with Crippen LogP contribution in [0.25, 0.3) is 0 Å². The molecule has 2 amide bonds. The van der Waals surface area contributed by atoms with Crippen molar-refractivity contribution in [3.05, 3.63) is 53.1 Å². The van der Waals surface area contributed by atoms with Crippen LogP contribution in [0.4, 0.5) is 11.4 Å². The second-order valence-electron chi connectivity index (χ2n) is 7.40. The third-order valence-corrected chi connectivity index (χ3v) is 5.09. The molecule has 2 aromatic rings. The Morgan fingerprint density at radius 3 is 2.31 bits per heavy atom. The van der Waals surface area contributed by atoms with Gasteiger partial charge in [0.2, 0.25) is 0 Å². The molecule has 6 nitrogen and oxygen atoms in total. The average Bonchev–Trinajstić information content (AvgIpc) is 2.67. The van der Waals surface area contributed by atoms with E-state index < -0.39 is 6.04 Å². The first-order chi connectivity index (χ1) is 13.7. The zero-order valence-corrected chi connectivity index (χ0v) is 18.3. The number of carbonyl (C=O) groups excluding carboxylic acids is 2. The van der Waals surface area contributed by atoms with Crippen LogP contribution in [0.15, 0.2) is 42.5 Å². The maximum atomic E-state index is 12.6. The van der Waals surface area contributed by atoms with Crippen molar-refractivity contribution in [1.82, 2.24) is 0 Å². The van der Waals surface area contributed by atoms with Crippen LogP contribution in [0.3, 0.4) is 0 Å². The molecule has 0 saturated heterocycles. The zero-order chi connectivity index (χ0) is 21.6. The Balaban J connectivity index is 1.93. The summed E-state index contributed by atoms with van der Waals surface area (Å²) in [5.74, 6) is 0.582. The van der Waals surface area contributed by atoms with Crippen molar-refractivity contribution in [3.63, 3.8) is 0 Å². The number of ether oxygens (including phenoxy) is 1. The molecule has 0 aliphatic rings. The van der Waals surface area contributed by atoms with Crippen LogP contribution < -0.4 is 20.3 Å². The van der Waals surface area contributed by atoms with Crippen LogP contribution in [0.5, 0.6) is 5.75 Å². The van der Waals surface area contributed by atoms with Gasteiger partial charge >= 0.3 is 0 Å². The molecule has 0 aromatic heterocycles. The fourth-order valence-corrected chi connectivity index (χ4v) is 2.98. The van der Waals surface area contributed by atoms with E-state index in [0.717, 1.165) is 10.6 Å². The van der Waals surface area contributed by atoms with Gasteiger partial charge in [0.05, 0.1) is 19.8 Å². The van der Waals surface area contributed by atoms with E-state index in [1.807, 2.05) is 24.3 Å². The average molecular weight is 419 g/mol. The highest BCUT2D eigenvalue weighted by molar-refractivity contribution is 6.31. The molecule has 2 atom stereocenters. The topological polar surface area (TPSA) is 71.9 Å². The number of rotatable bonds is 8. The van der Waals surface area contributed by atoms with Crippen molar-refractivity contribution in [2.45, 2.75) is 32.7 Å². The lowest BCUT2D eigenvalue weighted by Gasteiger charge is -2.21. The number of methoxy groups -OCH3 is 1. The highest BCUT2D eigenvalue weighted by Gasteiger charge is 2.24. The van der Waals surface area contributed by atoms with Gasteiger partial charge in [-0.15, -0.1) is 0 Å². The van der Waals surface area contributed by atoms with Crippen LogP contribution in [0.2, 0.25) is 5.02 Å². The van der Waals surface area contributed by atoms with Gasteiger partial charge in [0, 0.05) is 10.7 Å². The number of amides is 2. The molecule has 0 fully saturated rings. The molecular formula is C22H29ClN3O3+. The predicted octanol–water partition coefficient (Wildman–Crippen LogP) is 2.95. The summed E-state index contributed by atoms with van der Waals surface area (Å²) in [7, 11) is 3.33. The second kappa shape index (κ2) is 10.3. The molecule has 7 heteroatoms. The first-order valence-electron chi connectivity index (χ1n) is 9.57. The predicted molar refractivity (Wildman–Crippen MR) is 117 cm³/mol. The molecule has 0 saturated carbocycles. The highest BCUT2D eigenvalue weighted by atomic mass is 35.5. The van der Waals surface area contributed by atoms with Crippen molar-refractivity contribution in [2.24, 2.45) is 0 Å². The van der Waals surface area contributed by atoms with E-state index in [0.29, 0.717) is 22.4 Å². The van der Waals surface area contributed by atoms with Gasteiger partial charge in [-0.1, -0.05) is 37.6 Å². The summed E-state index contributed by atoms with van der Waals surface area (Å²) in [5, 5.41) is 6.20. The van der Waals surface area contributed by atoms with E-state index in [9.17, 15) is 9.59 Å². The van der Waals surface area contributed by atoms with Gasteiger partial charge in [0.1, 0.15) is 5.75 Å². The van der Waals surface area contributed by atoms with Gasteiger partial charge in [-0.3, -0.25) is 9.59 Å². The lowest BCUT2D eigenvalue weighted by Crippen LogP contribution is -3.14. The molecule has 3 N–H and O–H groups in total. The van der Waals surface area contributed by atoms with Crippen LogP contribution in [0.1, 0.15) is 32.3 Å². The summed E-state index contributed by atoms with van der Waals surface area (Å²) in [6.45, 7) is 6.16. The van der Waals surface area contributed by atoms with Crippen LogP contribution >= 0.6 is 11.6 Å². The van der Waals surface area contributed by atoms with Crippen molar-refractivity contribution < 1.29 is 19.2 Å². The van der Waals surface area contributed by atoms with E-state index in [4.69, 9.17) is 16.3 Å². The van der Waals surface area contributed by atoms with E-state index in [1.54, 1.807) is 32.2 Å². The normalized spacial score (nSPS) is 12.9. The Morgan fingerprint density at radius 1 is 1.07 bits per heavy atom. The number of benzene rings is 2. The van der Waals surface area contributed by atoms with Crippen molar-refractivity contribution in [3.8, 4) is 5.75 Å². The molecule has 0 bridgehead atoms. The summed E-state index contributed by atoms with van der Waals surface area (Å²) in [5.41, 5.74) is 2.46. The lowest BCUT2D eigenvalue weighted by molar-refractivity contribution is -0.885. The molecule has 29 heavy (non-hydrogen) atoms. The third-order valence-electron chi connectivity index (χ3n) is 4.85. The van der Waals surface area contributed by atoms with E-state index in [-0.39, 0.29) is 18.4 Å². The number of nitrogens with one attached hydrogen (secondary N) is 3. The van der Waals surface area contributed by atoms with E-state index in [2.05, 4.69) is 24.5 Å². The molecule has 0 aliphatic heterocycles. The van der Waals surface area contributed by atoms with Gasteiger partial charge in [0.15, 0.2) is 12.6 Å². The quantitative estimate of drug-likeness (QED) is 0.617. The number of likely N-dealkylation sites (N-methyl/N-ethyl adjacent to an activating group) is 1. The number of hydrogen-bond donors (Lipinski definition) is 3. The van der Waals surface area contributed by atoms with Crippen LogP contribution in [-0.2, 0) is 9.59 Å². The van der Waals surface area contributed by atoms with Gasteiger partial charge in [-0.05, 0) is 48.7 Å².